The average Bonchev–Trinajstić information content (AvgIpc) is 2.14. The number of allylic oxidation sites excluding steroid dienone is 1. The van der Waals surface area contributed by atoms with Crippen molar-refractivity contribution in [2.45, 2.75) is 20.3 Å². The maximum atomic E-state index is 10.8. The van der Waals surface area contributed by atoms with Gasteiger partial charge in [-0.2, -0.15) is 0 Å². The second-order valence-electron chi connectivity index (χ2n) is 2.72. The number of carbonyl (C=O) groups excluding carboxylic acids is 1. The maximum absolute atomic E-state index is 10.8. The van der Waals surface area contributed by atoms with Crippen molar-refractivity contribution in [3.8, 4) is 0 Å². The molecule has 0 atom stereocenters. The van der Waals surface area contributed by atoms with E-state index in [2.05, 4.69) is 0 Å². The second-order valence-corrected chi connectivity index (χ2v) is 2.72. The molecule has 0 spiro atoms. The van der Waals surface area contributed by atoms with Crippen molar-refractivity contribution < 1.29 is 19.4 Å². The molecule has 0 aliphatic rings. The summed E-state index contributed by atoms with van der Waals surface area (Å²) in [7, 11) is 0. The molecular formula is C10H14O4. The first-order valence-electron chi connectivity index (χ1n) is 4.25. The highest BCUT2D eigenvalue weighted by atomic mass is 16.5. The zero-order valence-electron chi connectivity index (χ0n) is 8.32. The van der Waals surface area contributed by atoms with E-state index >= 15 is 0 Å². The molecule has 0 saturated carbocycles. The van der Waals surface area contributed by atoms with Crippen molar-refractivity contribution in [3.05, 3.63) is 23.8 Å². The van der Waals surface area contributed by atoms with Crippen LogP contribution in [-0.2, 0) is 14.3 Å². The summed E-state index contributed by atoms with van der Waals surface area (Å²) in [5.41, 5.74) is 1.13. The van der Waals surface area contributed by atoms with E-state index in [1.165, 1.54) is 0 Å². The summed E-state index contributed by atoms with van der Waals surface area (Å²) >= 11 is 0. The van der Waals surface area contributed by atoms with Gasteiger partial charge in [-0.15, -0.1) is 0 Å². The number of carboxylic acid groups (broad SMARTS) is 1. The van der Waals surface area contributed by atoms with E-state index < -0.39 is 11.9 Å². The van der Waals surface area contributed by atoms with Gasteiger partial charge in [-0.25, -0.2) is 9.59 Å². The lowest BCUT2D eigenvalue weighted by atomic mass is 10.2. The van der Waals surface area contributed by atoms with Crippen molar-refractivity contribution in [1.82, 2.24) is 0 Å². The molecule has 0 aliphatic carbocycles. The molecule has 4 nitrogen and oxygen atoms in total. The Morgan fingerprint density at radius 1 is 1.36 bits per heavy atom. The van der Waals surface area contributed by atoms with Crippen LogP contribution in [0.1, 0.15) is 20.3 Å². The Kier molecular flexibility index (Phi) is 6.11. The molecule has 78 valence electrons. The largest absolute Gasteiger partial charge is 0.478 e. The molecule has 0 fully saturated rings. The van der Waals surface area contributed by atoms with E-state index in [1.807, 2.05) is 19.9 Å². The van der Waals surface area contributed by atoms with Gasteiger partial charge in [0.2, 0.25) is 0 Å². The van der Waals surface area contributed by atoms with Crippen LogP contribution < -0.4 is 0 Å². The zero-order chi connectivity index (χ0) is 11.0. The van der Waals surface area contributed by atoms with Gasteiger partial charge in [0.05, 0.1) is 6.61 Å². The Labute approximate surface area is 82.9 Å². The molecule has 0 unspecified atom stereocenters. The Bertz CT molecular complexity index is 263. The average molecular weight is 198 g/mol. The molecule has 0 amide bonds. The number of rotatable bonds is 5. The first-order valence-corrected chi connectivity index (χ1v) is 4.25. The summed E-state index contributed by atoms with van der Waals surface area (Å²) in [4.78, 5) is 20.9. The molecule has 1 N–H and O–H groups in total. The van der Waals surface area contributed by atoms with E-state index in [-0.39, 0.29) is 6.61 Å². The molecule has 0 rings (SSSR count). The van der Waals surface area contributed by atoms with Gasteiger partial charge in [0.1, 0.15) is 0 Å². The van der Waals surface area contributed by atoms with Gasteiger partial charge in [-0.1, -0.05) is 11.6 Å². The van der Waals surface area contributed by atoms with Crippen LogP contribution in [0.3, 0.4) is 0 Å². The van der Waals surface area contributed by atoms with Crippen molar-refractivity contribution in [3.63, 3.8) is 0 Å². The molecule has 0 heterocycles. The maximum Gasteiger partial charge on any atom is 0.331 e. The lowest BCUT2D eigenvalue weighted by molar-refractivity contribution is -0.138. The van der Waals surface area contributed by atoms with Gasteiger partial charge < -0.3 is 9.84 Å². The van der Waals surface area contributed by atoms with Crippen LogP contribution in [0, 0.1) is 0 Å². The standard InChI is InChI=1S/C10H14O4/c1-3-8(2)6-7-14-10(13)5-4-9(11)12/h3-5H,6-7H2,1-2H3,(H,11,12)/b5-4-,8-3?. The predicted octanol–water partition coefficient (Wildman–Crippen LogP) is 1.53. The van der Waals surface area contributed by atoms with E-state index in [0.29, 0.717) is 6.42 Å². The number of esters is 1. The van der Waals surface area contributed by atoms with Crippen molar-refractivity contribution >= 4 is 11.9 Å². The fourth-order valence-electron chi connectivity index (χ4n) is 0.644. The van der Waals surface area contributed by atoms with Crippen LogP contribution >= 0.6 is 0 Å². The van der Waals surface area contributed by atoms with Crippen molar-refractivity contribution in [1.29, 1.82) is 0 Å². The smallest absolute Gasteiger partial charge is 0.331 e. The highest BCUT2D eigenvalue weighted by molar-refractivity contribution is 5.90. The van der Waals surface area contributed by atoms with Gasteiger partial charge in [0.15, 0.2) is 0 Å². The van der Waals surface area contributed by atoms with Gasteiger partial charge in [0, 0.05) is 18.6 Å². The quantitative estimate of drug-likeness (QED) is 0.413. The summed E-state index contributed by atoms with van der Waals surface area (Å²) < 4.78 is 4.73. The molecular weight excluding hydrogens is 184 g/mol. The van der Waals surface area contributed by atoms with E-state index in [4.69, 9.17) is 9.84 Å². The number of carboxylic acids is 1. The van der Waals surface area contributed by atoms with Crippen LogP contribution in [0.25, 0.3) is 0 Å². The lowest BCUT2D eigenvalue weighted by Crippen LogP contribution is -2.03. The summed E-state index contributed by atoms with van der Waals surface area (Å²) in [5, 5.41) is 8.21. The SMILES string of the molecule is CC=C(C)CCOC(=O)/C=C\C(=O)O. The fourth-order valence-corrected chi connectivity index (χ4v) is 0.644. The van der Waals surface area contributed by atoms with Crippen LogP contribution in [0.4, 0.5) is 0 Å². The van der Waals surface area contributed by atoms with Gasteiger partial charge >= 0.3 is 11.9 Å². The Morgan fingerprint density at radius 3 is 2.50 bits per heavy atom. The Hall–Kier alpha value is -1.58. The van der Waals surface area contributed by atoms with E-state index in [9.17, 15) is 9.59 Å². The molecule has 0 aromatic heterocycles. The van der Waals surface area contributed by atoms with Crippen molar-refractivity contribution in [2.24, 2.45) is 0 Å². The number of ether oxygens (including phenoxy) is 1. The van der Waals surface area contributed by atoms with Crippen LogP contribution in [-0.4, -0.2) is 23.7 Å². The molecule has 14 heavy (non-hydrogen) atoms. The van der Waals surface area contributed by atoms with Crippen LogP contribution in [0.2, 0.25) is 0 Å². The number of aliphatic carboxylic acids is 1. The molecule has 0 aliphatic heterocycles. The highest BCUT2D eigenvalue weighted by Gasteiger charge is 1.98. The number of carbonyl (C=O) groups is 2. The van der Waals surface area contributed by atoms with Crippen LogP contribution in [0.15, 0.2) is 23.8 Å². The number of hydrogen-bond acceptors (Lipinski definition) is 3. The third kappa shape index (κ3) is 7.09. The summed E-state index contributed by atoms with van der Waals surface area (Å²) in [6.45, 7) is 4.11. The zero-order valence-corrected chi connectivity index (χ0v) is 8.32. The first kappa shape index (κ1) is 12.4. The van der Waals surface area contributed by atoms with Gasteiger partial charge in [-0.05, 0) is 13.8 Å². The monoisotopic (exact) mass is 198 g/mol. The second kappa shape index (κ2) is 6.88. The minimum Gasteiger partial charge on any atom is -0.478 e. The first-order chi connectivity index (χ1) is 6.56. The van der Waals surface area contributed by atoms with Gasteiger partial charge in [-0.3, -0.25) is 0 Å². The lowest BCUT2D eigenvalue weighted by Gasteiger charge is -2.01. The number of hydrogen-bond donors (Lipinski definition) is 1. The third-order valence-electron chi connectivity index (χ3n) is 1.60. The highest BCUT2D eigenvalue weighted by Crippen LogP contribution is 1.99. The Balaban J connectivity index is 3.70. The predicted molar refractivity (Wildman–Crippen MR) is 51.8 cm³/mol. The topological polar surface area (TPSA) is 63.6 Å². The van der Waals surface area contributed by atoms with Gasteiger partial charge in [0.25, 0.3) is 0 Å². The third-order valence-corrected chi connectivity index (χ3v) is 1.60. The summed E-state index contributed by atoms with van der Waals surface area (Å²) in [6.07, 6.45) is 4.25. The Morgan fingerprint density at radius 2 is 2.00 bits per heavy atom. The van der Waals surface area contributed by atoms with Crippen molar-refractivity contribution in [2.75, 3.05) is 6.61 Å². The molecule has 0 aromatic carbocycles. The molecule has 0 aromatic rings. The minimum atomic E-state index is -1.16. The normalized spacial score (nSPS) is 11.7. The summed E-state index contributed by atoms with van der Waals surface area (Å²) in [5.74, 6) is -1.79. The molecule has 4 heteroatoms. The molecule has 0 bridgehead atoms. The van der Waals surface area contributed by atoms with E-state index in [1.54, 1.807) is 0 Å². The van der Waals surface area contributed by atoms with E-state index in [0.717, 1.165) is 17.7 Å². The van der Waals surface area contributed by atoms with Crippen LogP contribution in [0.5, 0.6) is 0 Å². The fraction of sp³-hybridized carbons (Fsp3) is 0.400. The molecule has 0 saturated heterocycles. The molecule has 0 radical (unpaired) electrons. The minimum absolute atomic E-state index is 0.277. The summed E-state index contributed by atoms with van der Waals surface area (Å²) in [6, 6.07) is 0.